The second-order valence-corrected chi connectivity index (χ2v) is 6.47. The summed E-state index contributed by atoms with van der Waals surface area (Å²) in [6.45, 7) is 1.97. The van der Waals surface area contributed by atoms with Crippen LogP contribution in [0, 0.1) is 6.92 Å². The molecule has 0 spiro atoms. The van der Waals surface area contributed by atoms with Crippen LogP contribution in [0.2, 0.25) is 5.02 Å². The van der Waals surface area contributed by atoms with E-state index in [4.69, 9.17) is 11.6 Å². The third-order valence-corrected chi connectivity index (χ3v) is 4.41. The van der Waals surface area contributed by atoms with E-state index < -0.39 is 0 Å². The molecular weight excluding hydrogens is 374 g/mol. The molecule has 0 aliphatic rings. The molecule has 6 heteroatoms. The average molecular weight is 392 g/mol. The van der Waals surface area contributed by atoms with Crippen LogP contribution in [0.3, 0.4) is 0 Å². The Bertz CT molecular complexity index is 1030. The maximum absolute atomic E-state index is 12.3. The second kappa shape index (κ2) is 8.97. The summed E-state index contributed by atoms with van der Waals surface area (Å²) in [4.78, 5) is 24.5. The van der Waals surface area contributed by atoms with Gasteiger partial charge in [-0.1, -0.05) is 48.0 Å². The van der Waals surface area contributed by atoms with Crippen LogP contribution in [0.5, 0.6) is 0 Å². The van der Waals surface area contributed by atoms with E-state index >= 15 is 0 Å². The Labute approximate surface area is 168 Å². The fraction of sp³-hybridized carbons (Fsp3) is 0.0455. The summed E-state index contributed by atoms with van der Waals surface area (Å²) < 4.78 is 0. The van der Waals surface area contributed by atoms with E-state index in [1.807, 2.05) is 31.2 Å². The number of amides is 2. The molecule has 0 aromatic heterocycles. The Morgan fingerprint density at radius 3 is 2.29 bits per heavy atom. The van der Waals surface area contributed by atoms with E-state index in [0.29, 0.717) is 21.8 Å². The molecule has 0 aliphatic heterocycles. The van der Waals surface area contributed by atoms with Crippen LogP contribution in [-0.2, 0) is 0 Å². The number of carbonyl (C=O) groups is 2. The van der Waals surface area contributed by atoms with Gasteiger partial charge >= 0.3 is 0 Å². The first-order valence-corrected chi connectivity index (χ1v) is 8.97. The molecule has 2 amide bonds. The third-order valence-electron chi connectivity index (χ3n) is 4.08. The fourth-order valence-corrected chi connectivity index (χ4v) is 2.73. The molecule has 0 bridgehead atoms. The van der Waals surface area contributed by atoms with Gasteiger partial charge in [0.05, 0.1) is 16.8 Å². The van der Waals surface area contributed by atoms with Crippen molar-refractivity contribution >= 4 is 35.3 Å². The molecule has 0 atom stereocenters. The SMILES string of the molecule is Cc1ccccc1C=NNC(=O)c1ccc(NC(=O)c2ccccc2Cl)cc1. The molecule has 0 heterocycles. The zero-order chi connectivity index (χ0) is 19.9. The summed E-state index contributed by atoms with van der Waals surface area (Å²) in [7, 11) is 0. The summed E-state index contributed by atoms with van der Waals surface area (Å²) in [6, 6.07) is 21.1. The first-order chi connectivity index (χ1) is 13.5. The van der Waals surface area contributed by atoms with Gasteiger partial charge in [-0.3, -0.25) is 9.59 Å². The molecule has 0 unspecified atom stereocenters. The molecule has 0 saturated heterocycles. The summed E-state index contributed by atoms with van der Waals surface area (Å²) in [5.74, 6) is -0.653. The Kier molecular flexibility index (Phi) is 6.19. The predicted octanol–water partition coefficient (Wildman–Crippen LogP) is 4.66. The van der Waals surface area contributed by atoms with Crippen LogP contribution in [0.15, 0.2) is 77.9 Å². The van der Waals surface area contributed by atoms with Gasteiger partial charge in [0.1, 0.15) is 0 Å². The molecular formula is C22H18ClN3O2. The quantitative estimate of drug-likeness (QED) is 0.490. The highest BCUT2D eigenvalue weighted by Crippen LogP contribution is 2.17. The van der Waals surface area contributed by atoms with Crippen molar-refractivity contribution < 1.29 is 9.59 Å². The molecule has 2 N–H and O–H groups in total. The number of halogens is 1. The van der Waals surface area contributed by atoms with Crippen molar-refractivity contribution in [3.8, 4) is 0 Å². The van der Waals surface area contributed by atoms with Crippen molar-refractivity contribution in [3.63, 3.8) is 0 Å². The Morgan fingerprint density at radius 2 is 1.57 bits per heavy atom. The van der Waals surface area contributed by atoms with E-state index in [9.17, 15) is 9.59 Å². The summed E-state index contributed by atoms with van der Waals surface area (Å²) in [5.41, 5.74) is 5.87. The van der Waals surface area contributed by atoms with Crippen molar-refractivity contribution in [2.45, 2.75) is 6.92 Å². The lowest BCUT2D eigenvalue weighted by molar-refractivity contribution is 0.0954. The van der Waals surface area contributed by atoms with E-state index in [1.54, 1.807) is 54.7 Å². The lowest BCUT2D eigenvalue weighted by Crippen LogP contribution is -2.18. The number of carbonyl (C=O) groups excluding carboxylic acids is 2. The Balaban J connectivity index is 1.61. The summed E-state index contributed by atoms with van der Waals surface area (Å²) >= 11 is 6.03. The third kappa shape index (κ3) is 4.84. The monoisotopic (exact) mass is 391 g/mol. The molecule has 3 aromatic rings. The highest BCUT2D eigenvalue weighted by molar-refractivity contribution is 6.34. The molecule has 5 nitrogen and oxygen atoms in total. The van der Waals surface area contributed by atoms with Crippen molar-refractivity contribution in [2.75, 3.05) is 5.32 Å². The number of anilines is 1. The van der Waals surface area contributed by atoms with Crippen LogP contribution < -0.4 is 10.7 Å². The zero-order valence-electron chi connectivity index (χ0n) is 15.1. The van der Waals surface area contributed by atoms with Gasteiger partial charge in [-0.25, -0.2) is 5.43 Å². The molecule has 140 valence electrons. The van der Waals surface area contributed by atoms with Gasteiger partial charge in [-0.15, -0.1) is 0 Å². The van der Waals surface area contributed by atoms with Gasteiger partial charge in [0.2, 0.25) is 0 Å². The molecule has 3 aromatic carbocycles. The maximum atomic E-state index is 12.3. The van der Waals surface area contributed by atoms with Gasteiger partial charge < -0.3 is 5.32 Å². The number of nitrogens with one attached hydrogen (secondary N) is 2. The minimum Gasteiger partial charge on any atom is -0.322 e. The standard InChI is InChI=1S/C22H18ClN3O2/c1-15-6-2-3-7-17(15)14-24-26-21(27)16-10-12-18(13-11-16)25-22(28)19-8-4-5-9-20(19)23/h2-14H,1H3,(H,25,28)(H,26,27). The number of hydrogen-bond acceptors (Lipinski definition) is 3. The molecule has 0 saturated carbocycles. The van der Waals surface area contributed by atoms with Gasteiger partial charge in [-0.2, -0.15) is 5.10 Å². The first-order valence-electron chi connectivity index (χ1n) is 8.59. The van der Waals surface area contributed by atoms with Crippen LogP contribution in [0.1, 0.15) is 31.8 Å². The zero-order valence-corrected chi connectivity index (χ0v) is 15.9. The van der Waals surface area contributed by atoms with E-state index in [-0.39, 0.29) is 11.8 Å². The Morgan fingerprint density at radius 1 is 0.893 bits per heavy atom. The summed E-state index contributed by atoms with van der Waals surface area (Å²) in [6.07, 6.45) is 1.60. The lowest BCUT2D eigenvalue weighted by Gasteiger charge is -2.07. The van der Waals surface area contributed by atoms with Gasteiger partial charge in [0.15, 0.2) is 0 Å². The largest absolute Gasteiger partial charge is 0.322 e. The van der Waals surface area contributed by atoms with Crippen molar-refractivity contribution in [1.82, 2.24) is 5.43 Å². The van der Waals surface area contributed by atoms with E-state index in [1.165, 1.54) is 0 Å². The minimum atomic E-state index is -0.339. The smallest absolute Gasteiger partial charge is 0.271 e. The number of rotatable bonds is 5. The normalized spacial score (nSPS) is 10.6. The predicted molar refractivity (Wildman–Crippen MR) is 112 cm³/mol. The highest BCUT2D eigenvalue weighted by Gasteiger charge is 2.10. The minimum absolute atomic E-state index is 0.314. The number of hydrogen-bond donors (Lipinski definition) is 2. The molecule has 28 heavy (non-hydrogen) atoms. The average Bonchev–Trinajstić information content (AvgIpc) is 2.70. The number of hydrazone groups is 1. The topological polar surface area (TPSA) is 70.6 Å². The maximum Gasteiger partial charge on any atom is 0.271 e. The number of benzene rings is 3. The lowest BCUT2D eigenvalue weighted by atomic mass is 10.1. The van der Waals surface area contributed by atoms with Crippen molar-refractivity contribution in [3.05, 3.63) is 100 Å². The molecule has 0 fully saturated rings. The first kappa shape index (κ1) is 19.3. The number of nitrogens with zero attached hydrogens (tertiary/aromatic N) is 1. The van der Waals surface area contributed by atoms with Gasteiger partial charge in [-0.05, 0) is 54.4 Å². The second-order valence-electron chi connectivity index (χ2n) is 6.07. The van der Waals surface area contributed by atoms with Crippen LogP contribution in [0.25, 0.3) is 0 Å². The Hall–Kier alpha value is -3.44. The summed E-state index contributed by atoms with van der Waals surface area (Å²) in [5, 5.41) is 7.12. The van der Waals surface area contributed by atoms with Crippen LogP contribution in [-0.4, -0.2) is 18.0 Å². The van der Waals surface area contributed by atoms with Gasteiger partial charge in [0.25, 0.3) is 11.8 Å². The molecule has 0 aliphatic carbocycles. The fourth-order valence-electron chi connectivity index (χ4n) is 2.51. The van der Waals surface area contributed by atoms with Crippen LogP contribution in [0.4, 0.5) is 5.69 Å². The van der Waals surface area contributed by atoms with E-state index in [0.717, 1.165) is 11.1 Å². The van der Waals surface area contributed by atoms with Crippen molar-refractivity contribution in [2.24, 2.45) is 5.10 Å². The number of aryl methyl sites for hydroxylation is 1. The van der Waals surface area contributed by atoms with Crippen LogP contribution >= 0.6 is 11.6 Å². The molecule has 0 radical (unpaired) electrons. The molecule has 3 rings (SSSR count). The van der Waals surface area contributed by atoms with Gasteiger partial charge in [0, 0.05) is 11.3 Å². The van der Waals surface area contributed by atoms with E-state index in [2.05, 4.69) is 15.8 Å². The highest BCUT2D eigenvalue weighted by atomic mass is 35.5. The van der Waals surface area contributed by atoms with Crippen molar-refractivity contribution in [1.29, 1.82) is 0 Å².